The number of hydrogen-bond donors (Lipinski definition) is 1. The molecule has 0 bridgehead atoms. The molecule has 2 aliphatic rings. The van der Waals surface area contributed by atoms with Crippen molar-refractivity contribution < 1.29 is 9.53 Å². The van der Waals surface area contributed by atoms with Crippen molar-refractivity contribution in [2.45, 2.75) is 52.6 Å². The number of nitrogens with one attached hydrogen (secondary N) is 1. The molecular weight excluding hydrogens is 326 g/mol. The highest BCUT2D eigenvalue weighted by molar-refractivity contribution is 5.74. The van der Waals surface area contributed by atoms with E-state index in [1.165, 1.54) is 30.5 Å². The minimum absolute atomic E-state index is 0.0686. The first-order valence-electron chi connectivity index (χ1n) is 10.1. The lowest BCUT2D eigenvalue weighted by molar-refractivity contribution is 0.136. The fraction of sp³-hybridized carbons (Fsp3) is 0.667. The molecule has 0 radical (unpaired) electrons. The predicted octanol–water partition coefficient (Wildman–Crippen LogP) is 3.27. The molecule has 2 heterocycles. The lowest BCUT2D eigenvalue weighted by atomic mass is 9.97. The van der Waals surface area contributed by atoms with E-state index in [0.29, 0.717) is 25.1 Å². The third-order valence-electron chi connectivity index (χ3n) is 5.61. The molecule has 26 heavy (non-hydrogen) atoms. The van der Waals surface area contributed by atoms with Crippen LogP contribution in [0.15, 0.2) is 18.2 Å². The highest BCUT2D eigenvalue weighted by atomic mass is 16.5. The Morgan fingerprint density at radius 3 is 2.92 bits per heavy atom. The zero-order valence-electron chi connectivity index (χ0n) is 16.5. The van der Waals surface area contributed by atoms with Crippen molar-refractivity contribution in [2.75, 3.05) is 32.8 Å². The minimum Gasteiger partial charge on any atom is -0.494 e. The van der Waals surface area contributed by atoms with Crippen molar-refractivity contribution in [2.24, 2.45) is 5.92 Å². The van der Waals surface area contributed by atoms with Crippen LogP contribution in [0.5, 0.6) is 5.75 Å². The zero-order chi connectivity index (χ0) is 18.5. The van der Waals surface area contributed by atoms with Gasteiger partial charge >= 0.3 is 6.03 Å². The van der Waals surface area contributed by atoms with Crippen LogP contribution in [0.25, 0.3) is 0 Å². The molecule has 0 saturated carbocycles. The molecule has 2 amide bonds. The zero-order valence-corrected chi connectivity index (χ0v) is 16.5. The Bertz CT molecular complexity index is 617. The van der Waals surface area contributed by atoms with Crippen molar-refractivity contribution in [1.29, 1.82) is 0 Å². The maximum absolute atomic E-state index is 12.6. The number of fused-ring (bicyclic) bond motifs is 1. The summed E-state index contributed by atoms with van der Waals surface area (Å²) in [5, 5.41) is 3.18. The van der Waals surface area contributed by atoms with E-state index < -0.39 is 0 Å². The Morgan fingerprint density at radius 1 is 1.31 bits per heavy atom. The monoisotopic (exact) mass is 359 g/mol. The number of carbonyl (C=O) groups excluding carboxylic acids is 1. The van der Waals surface area contributed by atoms with Crippen molar-refractivity contribution in [3.63, 3.8) is 0 Å². The number of likely N-dealkylation sites (tertiary alicyclic amines) is 1. The first kappa shape index (κ1) is 19.0. The van der Waals surface area contributed by atoms with Crippen LogP contribution in [0.4, 0.5) is 4.79 Å². The molecule has 3 rings (SSSR count). The molecule has 0 aliphatic carbocycles. The van der Waals surface area contributed by atoms with Gasteiger partial charge in [-0.2, -0.15) is 0 Å². The van der Waals surface area contributed by atoms with E-state index in [2.05, 4.69) is 36.2 Å². The van der Waals surface area contributed by atoms with E-state index in [1.54, 1.807) is 0 Å². The second kappa shape index (κ2) is 8.76. The van der Waals surface area contributed by atoms with Crippen molar-refractivity contribution in [3.8, 4) is 5.75 Å². The first-order valence-corrected chi connectivity index (χ1v) is 10.1. The number of benzene rings is 1. The molecule has 5 heteroatoms. The van der Waals surface area contributed by atoms with Crippen LogP contribution < -0.4 is 10.1 Å². The minimum atomic E-state index is 0.0686. The summed E-state index contributed by atoms with van der Waals surface area (Å²) in [5.74, 6) is 1.46. The Hall–Kier alpha value is -1.75. The molecule has 1 aromatic carbocycles. The molecule has 1 unspecified atom stereocenters. The maximum Gasteiger partial charge on any atom is 0.317 e. The van der Waals surface area contributed by atoms with Gasteiger partial charge in [0.05, 0.1) is 6.61 Å². The summed E-state index contributed by atoms with van der Waals surface area (Å²) < 4.78 is 5.60. The number of piperidine rings is 1. The van der Waals surface area contributed by atoms with Crippen LogP contribution in [0, 0.1) is 5.92 Å². The van der Waals surface area contributed by atoms with Crippen LogP contribution in [-0.2, 0) is 13.0 Å². The number of urea groups is 1. The van der Waals surface area contributed by atoms with E-state index in [0.717, 1.165) is 31.8 Å². The summed E-state index contributed by atoms with van der Waals surface area (Å²) >= 11 is 0. The molecule has 0 aromatic heterocycles. The highest BCUT2D eigenvalue weighted by Crippen LogP contribution is 2.24. The van der Waals surface area contributed by atoms with Gasteiger partial charge in [0.15, 0.2) is 0 Å². The van der Waals surface area contributed by atoms with Crippen molar-refractivity contribution in [3.05, 3.63) is 29.3 Å². The van der Waals surface area contributed by atoms with Crippen molar-refractivity contribution >= 4 is 6.03 Å². The lowest BCUT2D eigenvalue weighted by Crippen LogP contribution is -2.47. The molecule has 0 spiro atoms. The summed E-state index contributed by atoms with van der Waals surface area (Å²) in [7, 11) is 0. The fourth-order valence-corrected chi connectivity index (χ4v) is 4.04. The largest absolute Gasteiger partial charge is 0.494 e. The Balaban J connectivity index is 1.52. The van der Waals surface area contributed by atoms with Gasteiger partial charge in [0.25, 0.3) is 0 Å². The summed E-state index contributed by atoms with van der Waals surface area (Å²) in [6, 6.07) is 6.91. The van der Waals surface area contributed by atoms with Gasteiger partial charge in [0.1, 0.15) is 5.75 Å². The summed E-state index contributed by atoms with van der Waals surface area (Å²) in [4.78, 5) is 17.1. The Labute approximate surface area is 157 Å². The van der Waals surface area contributed by atoms with Crippen molar-refractivity contribution in [1.82, 2.24) is 15.1 Å². The second-order valence-electron chi connectivity index (χ2n) is 7.82. The van der Waals surface area contributed by atoms with Gasteiger partial charge < -0.3 is 19.9 Å². The van der Waals surface area contributed by atoms with Gasteiger partial charge in [0, 0.05) is 32.2 Å². The van der Waals surface area contributed by atoms with Gasteiger partial charge in [-0.25, -0.2) is 4.79 Å². The molecule has 1 saturated heterocycles. The summed E-state index contributed by atoms with van der Waals surface area (Å²) in [6.07, 6.45) is 3.36. The molecule has 1 N–H and O–H groups in total. The van der Waals surface area contributed by atoms with Gasteiger partial charge in [-0.3, -0.25) is 0 Å². The predicted molar refractivity (Wildman–Crippen MR) is 105 cm³/mol. The van der Waals surface area contributed by atoms with Gasteiger partial charge in [-0.1, -0.05) is 6.07 Å². The standard InChI is InChI=1S/C21H33N3O2/c1-4-26-20-8-7-18-9-11-24(15-19(18)12-20)21(25)22-13-17-6-5-10-23(14-17)16(2)3/h7-8,12,16-17H,4-6,9-11,13-15H2,1-3H3,(H,22,25). The second-order valence-corrected chi connectivity index (χ2v) is 7.82. The number of carbonyl (C=O) groups is 1. The number of amides is 2. The average molecular weight is 360 g/mol. The topological polar surface area (TPSA) is 44.8 Å². The lowest BCUT2D eigenvalue weighted by Gasteiger charge is -2.36. The van der Waals surface area contributed by atoms with E-state index in [1.807, 2.05) is 17.9 Å². The average Bonchev–Trinajstić information content (AvgIpc) is 2.66. The number of rotatable bonds is 5. The molecule has 1 aromatic rings. The maximum atomic E-state index is 12.6. The third-order valence-corrected chi connectivity index (χ3v) is 5.61. The molecule has 1 atom stereocenters. The molecule has 144 valence electrons. The Morgan fingerprint density at radius 2 is 2.15 bits per heavy atom. The summed E-state index contributed by atoms with van der Waals surface area (Å²) in [6.45, 7) is 11.7. The van der Waals surface area contributed by atoms with Gasteiger partial charge in [-0.05, 0) is 75.8 Å². The summed E-state index contributed by atoms with van der Waals surface area (Å²) in [5.41, 5.74) is 2.54. The van der Waals surface area contributed by atoms with Crippen LogP contribution in [-0.4, -0.2) is 54.7 Å². The molecular formula is C21H33N3O2. The van der Waals surface area contributed by atoms with E-state index in [9.17, 15) is 4.79 Å². The third kappa shape index (κ3) is 4.70. The molecule has 5 nitrogen and oxygen atoms in total. The fourth-order valence-electron chi connectivity index (χ4n) is 4.04. The highest BCUT2D eigenvalue weighted by Gasteiger charge is 2.24. The molecule has 1 fully saturated rings. The number of ether oxygens (including phenoxy) is 1. The Kier molecular flexibility index (Phi) is 6.41. The van der Waals surface area contributed by atoms with Crippen LogP contribution in [0.1, 0.15) is 44.7 Å². The first-order chi connectivity index (χ1) is 12.6. The van der Waals surface area contributed by atoms with E-state index in [4.69, 9.17) is 4.74 Å². The van der Waals surface area contributed by atoms with E-state index in [-0.39, 0.29) is 6.03 Å². The number of nitrogens with zero attached hydrogens (tertiary/aromatic N) is 2. The smallest absolute Gasteiger partial charge is 0.317 e. The van der Waals surface area contributed by atoms with Gasteiger partial charge in [-0.15, -0.1) is 0 Å². The van der Waals surface area contributed by atoms with Gasteiger partial charge in [0.2, 0.25) is 0 Å². The SMILES string of the molecule is CCOc1ccc2c(c1)CN(C(=O)NCC1CCCN(C(C)C)C1)CC2. The normalized spacial score (nSPS) is 20.8. The van der Waals surface area contributed by atoms with Crippen LogP contribution >= 0.6 is 0 Å². The molecule has 2 aliphatic heterocycles. The van der Waals surface area contributed by atoms with E-state index >= 15 is 0 Å². The number of hydrogen-bond acceptors (Lipinski definition) is 3. The quantitative estimate of drug-likeness (QED) is 0.877. The van der Waals surface area contributed by atoms with Crippen LogP contribution in [0.2, 0.25) is 0 Å². The van der Waals surface area contributed by atoms with Crippen LogP contribution in [0.3, 0.4) is 0 Å².